The summed E-state index contributed by atoms with van der Waals surface area (Å²) in [6.45, 7) is 5.83. The predicted octanol–water partition coefficient (Wildman–Crippen LogP) is 2.83. The van der Waals surface area contributed by atoms with Gasteiger partial charge in [-0.3, -0.25) is 14.8 Å². The normalized spacial score (nSPS) is 17.7. The van der Waals surface area contributed by atoms with Gasteiger partial charge in [-0.2, -0.15) is 5.10 Å². The monoisotopic (exact) mass is 371 g/mol. The van der Waals surface area contributed by atoms with Gasteiger partial charge in [0.25, 0.3) is 0 Å². The smallest absolute Gasteiger partial charge is 0.354 e. The fourth-order valence-electron chi connectivity index (χ4n) is 3.92. The molecule has 1 aromatic heterocycles. The Morgan fingerprint density at radius 3 is 2.67 bits per heavy atom. The lowest BCUT2D eigenvalue weighted by Crippen LogP contribution is -2.38. The van der Waals surface area contributed by atoms with Crippen molar-refractivity contribution < 1.29 is 19.4 Å². The Morgan fingerprint density at radius 2 is 2.04 bits per heavy atom. The minimum Gasteiger partial charge on any atom is -0.496 e. The van der Waals surface area contributed by atoms with Crippen LogP contribution in [0.5, 0.6) is 5.75 Å². The molecule has 1 aliphatic rings. The van der Waals surface area contributed by atoms with Gasteiger partial charge >= 0.3 is 5.97 Å². The van der Waals surface area contributed by atoms with E-state index in [9.17, 15) is 14.7 Å². The number of hydrogen-bond donors (Lipinski definition) is 2. The van der Waals surface area contributed by atoms with Crippen LogP contribution in [-0.2, 0) is 6.54 Å². The van der Waals surface area contributed by atoms with E-state index in [-0.39, 0.29) is 17.4 Å². The van der Waals surface area contributed by atoms with Gasteiger partial charge < -0.3 is 9.84 Å². The number of piperidine rings is 1. The van der Waals surface area contributed by atoms with Gasteiger partial charge in [-0.05, 0) is 56.5 Å². The highest BCUT2D eigenvalue weighted by Gasteiger charge is 2.28. The third kappa shape index (κ3) is 4.03. The molecule has 0 aliphatic carbocycles. The molecule has 144 valence electrons. The maximum Gasteiger partial charge on any atom is 0.354 e. The summed E-state index contributed by atoms with van der Waals surface area (Å²) < 4.78 is 5.39. The fraction of sp³-hybridized carbons (Fsp3) is 0.450. The first-order valence-electron chi connectivity index (χ1n) is 9.08. The summed E-state index contributed by atoms with van der Waals surface area (Å²) in [4.78, 5) is 26.4. The van der Waals surface area contributed by atoms with Crippen molar-refractivity contribution >= 4 is 11.8 Å². The van der Waals surface area contributed by atoms with Crippen molar-refractivity contribution in [2.24, 2.45) is 5.92 Å². The zero-order valence-corrected chi connectivity index (χ0v) is 15.9. The molecule has 0 saturated carbocycles. The lowest BCUT2D eigenvalue weighted by Gasteiger charge is -2.32. The van der Waals surface area contributed by atoms with E-state index < -0.39 is 5.97 Å². The second kappa shape index (κ2) is 7.92. The molecular formula is C20H25N3O4. The highest BCUT2D eigenvalue weighted by molar-refractivity contribution is 5.98. The minimum absolute atomic E-state index is 0.0916. The van der Waals surface area contributed by atoms with Crippen LogP contribution < -0.4 is 4.74 Å². The standard InChI is InChI=1S/C20H25N3O4/c1-12-7-15(8-13(2)19(12)27-3)18(24)14-5-4-6-23(10-14)11-16-9-21-22-17(16)20(25)26/h7-9,14H,4-6,10-11H2,1-3H3,(H,21,22)(H,25,26)/t14-/m1/s1. The number of benzene rings is 1. The summed E-state index contributed by atoms with van der Waals surface area (Å²) in [7, 11) is 1.64. The van der Waals surface area contributed by atoms with Gasteiger partial charge in [-0.1, -0.05) is 0 Å². The van der Waals surface area contributed by atoms with Gasteiger partial charge in [0.1, 0.15) is 11.4 Å². The van der Waals surface area contributed by atoms with Gasteiger partial charge in [-0.15, -0.1) is 0 Å². The molecule has 2 aromatic rings. The summed E-state index contributed by atoms with van der Waals surface area (Å²) in [6.07, 6.45) is 3.30. The molecule has 2 N–H and O–H groups in total. The van der Waals surface area contributed by atoms with Crippen molar-refractivity contribution in [2.75, 3.05) is 20.2 Å². The van der Waals surface area contributed by atoms with Gasteiger partial charge in [0.15, 0.2) is 5.78 Å². The molecule has 2 heterocycles. The number of aryl methyl sites for hydroxylation is 2. The Balaban J connectivity index is 1.73. The zero-order chi connectivity index (χ0) is 19.6. The number of carboxylic acid groups (broad SMARTS) is 1. The molecule has 1 saturated heterocycles. The van der Waals surface area contributed by atoms with Gasteiger partial charge in [0, 0.05) is 30.1 Å². The Labute approximate surface area is 158 Å². The molecule has 0 amide bonds. The number of carbonyl (C=O) groups is 2. The molecule has 1 aliphatic heterocycles. The van der Waals surface area contributed by atoms with Crippen LogP contribution in [0.15, 0.2) is 18.3 Å². The number of nitrogens with zero attached hydrogens (tertiary/aromatic N) is 2. The third-order valence-corrected chi connectivity index (χ3v) is 5.15. The molecule has 7 heteroatoms. The Hall–Kier alpha value is -2.67. The minimum atomic E-state index is -1.02. The average molecular weight is 371 g/mol. The number of methoxy groups -OCH3 is 1. The van der Waals surface area contributed by atoms with Crippen LogP contribution in [0.2, 0.25) is 0 Å². The number of H-pyrrole nitrogens is 1. The van der Waals surface area contributed by atoms with Crippen LogP contribution in [0.4, 0.5) is 0 Å². The van der Waals surface area contributed by atoms with Crippen molar-refractivity contribution in [3.8, 4) is 5.75 Å². The van der Waals surface area contributed by atoms with Crippen LogP contribution in [0, 0.1) is 19.8 Å². The maximum atomic E-state index is 13.0. The molecule has 7 nitrogen and oxygen atoms in total. The number of likely N-dealkylation sites (tertiary alicyclic amines) is 1. The number of aromatic carboxylic acids is 1. The quantitative estimate of drug-likeness (QED) is 0.758. The number of hydrogen-bond acceptors (Lipinski definition) is 5. The van der Waals surface area contributed by atoms with E-state index in [0.717, 1.165) is 36.3 Å². The number of Topliss-reactive ketones (excluding diaryl/α,β-unsaturated/α-hetero) is 1. The van der Waals surface area contributed by atoms with Crippen LogP contribution in [0.25, 0.3) is 0 Å². The number of ketones is 1. The second-order valence-electron chi connectivity index (χ2n) is 7.16. The molecule has 0 radical (unpaired) electrons. The second-order valence-corrected chi connectivity index (χ2v) is 7.16. The molecule has 0 unspecified atom stereocenters. The van der Waals surface area contributed by atoms with Gasteiger partial charge in [-0.25, -0.2) is 4.79 Å². The molecule has 1 fully saturated rings. The number of aromatic nitrogens is 2. The predicted molar refractivity (Wildman–Crippen MR) is 100 cm³/mol. The van der Waals surface area contributed by atoms with Crippen LogP contribution in [-0.4, -0.2) is 52.2 Å². The number of nitrogens with one attached hydrogen (secondary N) is 1. The van der Waals surface area contributed by atoms with Crippen molar-refractivity contribution in [3.63, 3.8) is 0 Å². The molecule has 27 heavy (non-hydrogen) atoms. The summed E-state index contributed by atoms with van der Waals surface area (Å²) in [5, 5.41) is 15.6. The topological polar surface area (TPSA) is 95.5 Å². The lowest BCUT2D eigenvalue weighted by molar-refractivity contribution is 0.0683. The number of aromatic amines is 1. The van der Waals surface area contributed by atoms with E-state index in [1.165, 1.54) is 0 Å². The summed E-state index contributed by atoms with van der Waals surface area (Å²) >= 11 is 0. The number of carbonyl (C=O) groups excluding carboxylic acids is 1. The third-order valence-electron chi connectivity index (χ3n) is 5.15. The lowest BCUT2D eigenvalue weighted by atomic mass is 9.88. The fourth-order valence-corrected chi connectivity index (χ4v) is 3.92. The van der Waals surface area contributed by atoms with Gasteiger partial charge in [0.2, 0.25) is 0 Å². The molecule has 3 rings (SSSR count). The van der Waals surface area contributed by atoms with E-state index in [4.69, 9.17) is 4.74 Å². The molecular weight excluding hydrogens is 346 g/mol. The van der Waals surface area contributed by atoms with Crippen LogP contribution >= 0.6 is 0 Å². The summed E-state index contributed by atoms with van der Waals surface area (Å²) in [6, 6.07) is 3.79. The number of ether oxygens (including phenoxy) is 1. The Morgan fingerprint density at radius 1 is 1.33 bits per heavy atom. The van der Waals surface area contributed by atoms with Crippen molar-refractivity contribution in [2.45, 2.75) is 33.2 Å². The van der Waals surface area contributed by atoms with Crippen LogP contribution in [0.1, 0.15) is 50.4 Å². The van der Waals surface area contributed by atoms with E-state index in [1.807, 2.05) is 26.0 Å². The van der Waals surface area contributed by atoms with E-state index >= 15 is 0 Å². The average Bonchev–Trinajstić information content (AvgIpc) is 3.09. The maximum absolute atomic E-state index is 13.0. The first-order valence-corrected chi connectivity index (χ1v) is 9.08. The molecule has 1 aromatic carbocycles. The Kier molecular flexibility index (Phi) is 5.60. The number of carboxylic acids is 1. The SMILES string of the molecule is COc1c(C)cc(C(=O)[C@@H]2CCCN(Cc3cn[nH]c3C(=O)O)C2)cc1C. The van der Waals surface area contributed by atoms with E-state index in [0.29, 0.717) is 24.2 Å². The van der Waals surface area contributed by atoms with Crippen molar-refractivity contribution in [1.82, 2.24) is 15.1 Å². The van der Waals surface area contributed by atoms with E-state index in [1.54, 1.807) is 13.3 Å². The van der Waals surface area contributed by atoms with Gasteiger partial charge in [0.05, 0.1) is 13.3 Å². The largest absolute Gasteiger partial charge is 0.496 e. The van der Waals surface area contributed by atoms with E-state index in [2.05, 4.69) is 15.1 Å². The van der Waals surface area contributed by atoms with Crippen molar-refractivity contribution in [3.05, 3.63) is 46.3 Å². The Bertz CT molecular complexity index is 836. The molecule has 0 spiro atoms. The highest BCUT2D eigenvalue weighted by Crippen LogP contribution is 2.28. The number of rotatable bonds is 6. The molecule has 0 bridgehead atoms. The summed E-state index contributed by atoms with van der Waals surface area (Å²) in [5.74, 6) is -0.153. The first kappa shape index (κ1) is 19.1. The zero-order valence-electron chi connectivity index (χ0n) is 15.9. The van der Waals surface area contributed by atoms with Crippen molar-refractivity contribution in [1.29, 1.82) is 0 Å². The van der Waals surface area contributed by atoms with Crippen LogP contribution in [0.3, 0.4) is 0 Å². The first-order chi connectivity index (χ1) is 12.9. The summed E-state index contributed by atoms with van der Waals surface area (Å²) in [5.41, 5.74) is 3.39. The highest BCUT2D eigenvalue weighted by atomic mass is 16.5. The molecule has 1 atom stereocenters.